The topological polar surface area (TPSA) is 18.5 Å². The molecular weight excluding hydrogens is 400 g/mol. The summed E-state index contributed by atoms with van der Waals surface area (Å²) < 4.78 is 14.1. The Morgan fingerprint density at radius 1 is 1.07 bits per heavy atom. The van der Waals surface area contributed by atoms with Crippen LogP contribution in [0.15, 0.2) is 0 Å². The lowest BCUT2D eigenvalue weighted by molar-refractivity contribution is -0.0872. The normalized spacial score (nSPS) is 35.5. The maximum atomic E-state index is 7.14. The first-order valence-electron chi connectivity index (χ1n) is 11.7. The van der Waals surface area contributed by atoms with Gasteiger partial charge < -0.3 is 8.85 Å². The molecule has 0 spiro atoms. The van der Waals surface area contributed by atoms with Gasteiger partial charge in [-0.15, -0.1) is 18.8 Å². The van der Waals surface area contributed by atoms with E-state index in [2.05, 4.69) is 93.0 Å². The van der Waals surface area contributed by atoms with Crippen LogP contribution in [0, 0.1) is 59.7 Å². The van der Waals surface area contributed by atoms with E-state index in [0.29, 0.717) is 11.8 Å². The molecule has 0 aliphatic heterocycles. The molecule has 0 radical (unpaired) electrons. The third-order valence-corrected chi connectivity index (χ3v) is 13.8. The van der Waals surface area contributed by atoms with Crippen LogP contribution in [0.4, 0.5) is 0 Å². The van der Waals surface area contributed by atoms with E-state index in [1.165, 1.54) is 0 Å². The summed E-state index contributed by atoms with van der Waals surface area (Å²) in [4.78, 5) is 0. The third-order valence-electron chi connectivity index (χ3n) is 8.41. The summed E-state index contributed by atoms with van der Waals surface area (Å²) in [5, 5.41) is 0.108. The minimum atomic E-state index is -2.05. The van der Waals surface area contributed by atoms with Crippen LogP contribution in [-0.4, -0.2) is 28.3 Å². The molecule has 0 bridgehead atoms. The summed E-state index contributed by atoms with van der Waals surface area (Å²) >= 11 is 0. The highest BCUT2D eigenvalue weighted by atomic mass is 28.4. The summed E-state index contributed by atoms with van der Waals surface area (Å²) in [6, 6.07) is 0. The van der Waals surface area contributed by atoms with Gasteiger partial charge in [0.1, 0.15) is 5.60 Å². The Morgan fingerprint density at radius 3 is 2.00 bits per heavy atom. The lowest BCUT2D eigenvalue weighted by Gasteiger charge is -2.53. The summed E-state index contributed by atoms with van der Waals surface area (Å²) in [6.45, 7) is 27.5. The summed E-state index contributed by atoms with van der Waals surface area (Å²) in [5.41, 5.74) is -0.360. The monoisotopic (exact) mass is 446 g/mol. The molecule has 0 amide bonds. The number of rotatable bonds is 6. The van der Waals surface area contributed by atoms with Crippen LogP contribution >= 0.6 is 0 Å². The molecular formula is C26H46O2Si2. The van der Waals surface area contributed by atoms with Crippen molar-refractivity contribution in [3.8, 4) is 24.7 Å². The predicted molar refractivity (Wildman–Crippen MR) is 134 cm³/mol. The van der Waals surface area contributed by atoms with Crippen molar-refractivity contribution >= 4 is 16.6 Å². The lowest BCUT2D eigenvalue weighted by atomic mass is 9.65. The molecule has 170 valence electrons. The highest BCUT2D eigenvalue weighted by Gasteiger charge is 2.72. The quantitative estimate of drug-likeness (QED) is 0.330. The van der Waals surface area contributed by atoms with Crippen molar-refractivity contribution < 1.29 is 8.85 Å². The number of fused-ring (bicyclic) bond motifs is 1. The first kappa shape index (κ1) is 25.7. The summed E-state index contributed by atoms with van der Waals surface area (Å²) in [6.07, 6.45) is 13.4. The molecule has 0 unspecified atom stereocenters. The van der Waals surface area contributed by atoms with Crippen LogP contribution < -0.4 is 0 Å². The van der Waals surface area contributed by atoms with Gasteiger partial charge in [0.15, 0.2) is 16.6 Å². The molecule has 0 aromatic heterocycles. The molecule has 0 aromatic carbocycles. The Bertz CT molecular complexity index is 728. The zero-order chi connectivity index (χ0) is 23.5. The van der Waals surface area contributed by atoms with Crippen molar-refractivity contribution in [2.75, 3.05) is 0 Å². The zero-order valence-corrected chi connectivity index (χ0v) is 23.6. The van der Waals surface area contributed by atoms with Gasteiger partial charge in [0.05, 0.1) is 6.10 Å². The fourth-order valence-electron chi connectivity index (χ4n) is 5.59. The second-order valence-electron chi connectivity index (χ2n) is 13.1. The average molecular weight is 447 g/mol. The van der Waals surface area contributed by atoms with Crippen molar-refractivity contribution in [3.63, 3.8) is 0 Å². The second-order valence-corrected chi connectivity index (χ2v) is 22.3. The SMILES string of the molecule is C#C[C@@H](C)[C@@H](O[Si](C)(C)C(C)(C)C)[C@H]1[C@@H]2[C@@H](C[C@@H](C)[C@@]1(C#C)O[Si](C)(C)C)C2(C)C. The van der Waals surface area contributed by atoms with Gasteiger partial charge in [-0.3, -0.25) is 0 Å². The molecule has 2 rings (SSSR count). The van der Waals surface area contributed by atoms with Crippen LogP contribution in [0.2, 0.25) is 37.8 Å². The Morgan fingerprint density at radius 2 is 1.60 bits per heavy atom. The van der Waals surface area contributed by atoms with Gasteiger partial charge >= 0.3 is 0 Å². The maximum absolute atomic E-state index is 7.14. The first-order chi connectivity index (χ1) is 13.4. The number of hydrogen-bond donors (Lipinski definition) is 0. The van der Waals surface area contributed by atoms with E-state index in [1.807, 2.05) is 0 Å². The Balaban J connectivity index is 2.66. The number of hydrogen-bond acceptors (Lipinski definition) is 2. The van der Waals surface area contributed by atoms with Crippen LogP contribution in [0.3, 0.4) is 0 Å². The maximum Gasteiger partial charge on any atom is 0.192 e. The molecule has 0 aromatic rings. The van der Waals surface area contributed by atoms with Crippen molar-refractivity contribution in [3.05, 3.63) is 0 Å². The van der Waals surface area contributed by atoms with Gasteiger partial charge in [0.2, 0.25) is 0 Å². The van der Waals surface area contributed by atoms with Gasteiger partial charge in [0, 0.05) is 11.8 Å². The number of terminal acetylenes is 2. The van der Waals surface area contributed by atoms with Crippen molar-refractivity contribution in [1.82, 2.24) is 0 Å². The molecule has 0 saturated heterocycles. The molecule has 2 saturated carbocycles. The van der Waals surface area contributed by atoms with Gasteiger partial charge in [-0.05, 0) is 74.3 Å². The fourth-order valence-corrected chi connectivity index (χ4v) is 8.39. The van der Waals surface area contributed by atoms with Crippen LogP contribution in [0.5, 0.6) is 0 Å². The standard InChI is InChI=1S/C26H46O2Si2/c1-15-18(3)23(27-30(13,14)24(5,6)7)22-21-20(25(21,8)9)17-19(4)26(22,16-2)28-29(10,11)12/h1-2,18-23H,17H2,3-14H3/t18-,19-,20-,21+,22-,23-,26-/m1/s1. The minimum absolute atomic E-state index is 0.00978. The van der Waals surface area contributed by atoms with E-state index < -0.39 is 22.2 Å². The van der Waals surface area contributed by atoms with E-state index >= 15 is 0 Å². The van der Waals surface area contributed by atoms with Crippen LogP contribution in [0.1, 0.15) is 54.9 Å². The fraction of sp³-hybridized carbons (Fsp3) is 0.846. The van der Waals surface area contributed by atoms with Crippen molar-refractivity contribution in [2.24, 2.45) is 35.0 Å². The molecule has 4 heteroatoms. The van der Waals surface area contributed by atoms with Crippen molar-refractivity contribution in [2.45, 2.75) is 104 Å². The average Bonchev–Trinajstić information content (AvgIpc) is 3.10. The lowest BCUT2D eigenvalue weighted by Crippen LogP contribution is -2.61. The minimum Gasteiger partial charge on any atom is -0.412 e. The second kappa shape index (κ2) is 7.81. The largest absolute Gasteiger partial charge is 0.412 e. The molecule has 7 atom stereocenters. The van der Waals surface area contributed by atoms with E-state index in [9.17, 15) is 0 Å². The summed E-state index contributed by atoms with van der Waals surface area (Å²) in [5.74, 6) is 7.82. The van der Waals surface area contributed by atoms with Crippen molar-refractivity contribution in [1.29, 1.82) is 0 Å². The van der Waals surface area contributed by atoms with E-state index in [-0.39, 0.29) is 34.3 Å². The molecule has 30 heavy (non-hydrogen) atoms. The Hall–Kier alpha value is -0.526. The van der Waals surface area contributed by atoms with Crippen LogP contribution in [0.25, 0.3) is 0 Å². The Labute approximate surface area is 189 Å². The summed E-state index contributed by atoms with van der Waals surface area (Å²) in [7, 11) is -3.96. The van der Waals surface area contributed by atoms with Gasteiger partial charge in [0.25, 0.3) is 0 Å². The van der Waals surface area contributed by atoms with Gasteiger partial charge in [-0.2, -0.15) is 0 Å². The molecule has 2 nitrogen and oxygen atoms in total. The Kier molecular flexibility index (Phi) is 6.69. The van der Waals surface area contributed by atoms with Gasteiger partial charge in [-0.1, -0.05) is 47.5 Å². The molecule has 0 heterocycles. The molecule has 2 aliphatic rings. The predicted octanol–water partition coefficient (Wildman–Crippen LogP) is 6.80. The molecule has 0 N–H and O–H groups in total. The van der Waals surface area contributed by atoms with E-state index in [4.69, 9.17) is 21.7 Å². The molecule has 2 fully saturated rings. The zero-order valence-electron chi connectivity index (χ0n) is 21.6. The van der Waals surface area contributed by atoms with E-state index in [1.54, 1.807) is 0 Å². The first-order valence-corrected chi connectivity index (χ1v) is 18.0. The molecule has 2 aliphatic carbocycles. The van der Waals surface area contributed by atoms with E-state index in [0.717, 1.165) is 6.42 Å². The highest BCUT2D eigenvalue weighted by molar-refractivity contribution is 6.74. The van der Waals surface area contributed by atoms with Crippen LogP contribution in [-0.2, 0) is 8.85 Å². The highest BCUT2D eigenvalue weighted by Crippen LogP contribution is 2.72. The third kappa shape index (κ3) is 4.36. The van der Waals surface area contributed by atoms with Gasteiger partial charge in [-0.25, -0.2) is 0 Å². The smallest absolute Gasteiger partial charge is 0.192 e.